The van der Waals surface area contributed by atoms with Gasteiger partial charge in [-0.2, -0.15) is 8.78 Å². The summed E-state index contributed by atoms with van der Waals surface area (Å²) in [5.74, 6) is 1.16. The van der Waals surface area contributed by atoms with Crippen LogP contribution in [0.5, 0.6) is 17.2 Å². The molecule has 0 atom stereocenters. The first-order chi connectivity index (χ1) is 10.1. The van der Waals surface area contributed by atoms with Crippen LogP contribution < -0.4 is 9.47 Å². The maximum absolute atomic E-state index is 12.2. The van der Waals surface area contributed by atoms with Crippen LogP contribution in [0.15, 0.2) is 47.4 Å². The first kappa shape index (κ1) is 15.4. The van der Waals surface area contributed by atoms with E-state index in [0.29, 0.717) is 5.75 Å². The van der Waals surface area contributed by atoms with Gasteiger partial charge in [-0.25, -0.2) is 0 Å². The molecule has 112 valence electrons. The van der Waals surface area contributed by atoms with Crippen molar-refractivity contribution in [1.29, 1.82) is 0 Å². The van der Waals surface area contributed by atoms with Gasteiger partial charge in [-0.05, 0) is 42.0 Å². The van der Waals surface area contributed by atoms with Gasteiger partial charge < -0.3 is 14.6 Å². The van der Waals surface area contributed by atoms with Crippen molar-refractivity contribution in [3.63, 3.8) is 0 Å². The van der Waals surface area contributed by atoms with Crippen LogP contribution in [0.3, 0.4) is 0 Å². The second-order valence-electron chi connectivity index (χ2n) is 4.15. The average molecular weight is 312 g/mol. The van der Waals surface area contributed by atoms with Crippen LogP contribution in [0.1, 0.15) is 5.56 Å². The van der Waals surface area contributed by atoms with Crippen LogP contribution in [0.25, 0.3) is 0 Å². The zero-order chi connectivity index (χ0) is 15.2. The number of hydrogen-bond acceptors (Lipinski definition) is 4. The van der Waals surface area contributed by atoms with Crippen LogP contribution in [0.2, 0.25) is 0 Å². The molecule has 0 unspecified atom stereocenters. The maximum Gasteiger partial charge on any atom is 0.387 e. The van der Waals surface area contributed by atoms with Crippen molar-refractivity contribution < 1.29 is 23.4 Å². The molecule has 0 aliphatic carbocycles. The van der Waals surface area contributed by atoms with Crippen molar-refractivity contribution in [3.8, 4) is 17.2 Å². The summed E-state index contributed by atoms with van der Waals surface area (Å²) in [6.07, 6.45) is 0. The Balaban J connectivity index is 2.05. The minimum absolute atomic E-state index is 0.0193. The number of rotatable bonds is 6. The average Bonchev–Trinajstić information content (AvgIpc) is 2.47. The third-order valence-electron chi connectivity index (χ3n) is 2.69. The molecule has 2 aromatic carbocycles. The number of methoxy groups -OCH3 is 1. The van der Waals surface area contributed by atoms with Crippen molar-refractivity contribution in [2.75, 3.05) is 7.11 Å². The van der Waals surface area contributed by atoms with E-state index in [4.69, 9.17) is 4.74 Å². The summed E-state index contributed by atoms with van der Waals surface area (Å²) in [4.78, 5) is 1.000. The fraction of sp³-hybridized carbons (Fsp3) is 0.200. The van der Waals surface area contributed by atoms with Crippen molar-refractivity contribution >= 4 is 11.8 Å². The van der Waals surface area contributed by atoms with Crippen LogP contribution in [0, 0.1) is 0 Å². The smallest absolute Gasteiger partial charge is 0.387 e. The SMILES string of the molecule is COc1cc(CSc2ccc(O)cc2)ccc1OC(F)F. The summed E-state index contributed by atoms with van der Waals surface area (Å²) in [6.45, 7) is -2.88. The number of alkyl halides is 2. The van der Waals surface area contributed by atoms with Gasteiger partial charge in [0.15, 0.2) is 11.5 Å². The molecule has 0 bridgehead atoms. The molecule has 0 amide bonds. The predicted octanol–water partition coefficient (Wildman–Crippen LogP) is 4.29. The molecule has 0 aliphatic rings. The number of phenolic OH excluding ortho intramolecular Hbond substituents is 1. The monoisotopic (exact) mass is 312 g/mol. The minimum Gasteiger partial charge on any atom is -0.508 e. The molecule has 0 spiro atoms. The standard InChI is InChI=1S/C15H14F2O3S/c1-19-14-8-10(2-7-13(14)20-15(16)17)9-21-12-5-3-11(18)4-6-12/h2-8,15,18H,9H2,1H3. The normalized spacial score (nSPS) is 10.7. The molecule has 3 nitrogen and oxygen atoms in total. The Morgan fingerprint density at radius 1 is 1.10 bits per heavy atom. The van der Waals surface area contributed by atoms with Crippen LogP contribution in [0.4, 0.5) is 8.78 Å². The highest BCUT2D eigenvalue weighted by molar-refractivity contribution is 7.98. The Bertz CT molecular complexity index is 588. The molecule has 0 aliphatic heterocycles. The molecule has 0 aromatic heterocycles. The fourth-order valence-corrected chi connectivity index (χ4v) is 2.55. The fourth-order valence-electron chi connectivity index (χ4n) is 1.70. The highest BCUT2D eigenvalue weighted by Gasteiger charge is 2.11. The molecule has 2 rings (SSSR count). The van der Waals surface area contributed by atoms with Gasteiger partial charge in [0, 0.05) is 10.6 Å². The van der Waals surface area contributed by atoms with E-state index in [2.05, 4.69) is 4.74 Å². The predicted molar refractivity (Wildman–Crippen MR) is 77.3 cm³/mol. The van der Waals surface area contributed by atoms with Crippen molar-refractivity contribution in [2.45, 2.75) is 17.3 Å². The van der Waals surface area contributed by atoms with Gasteiger partial charge in [0.1, 0.15) is 5.75 Å². The van der Waals surface area contributed by atoms with E-state index >= 15 is 0 Å². The van der Waals surface area contributed by atoms with Gasteiger partial charge in [-0.15, -0.1) is 11.8 Å². The molecule has 21 heavy (non-hydrogen) atoms. The lowest BCUT2D eigenvalue weighted by molar-refractivity contribution is -0.0512. The highest BCUT2D eigenvalue weighted by atomic mass is 32.2. The summed E-state index contributed by atoms with van der Waals surface area (Å²) in [5, 5.41) is 9.21. The number of benzene rings is 2. The summed E-state index contributed by atoms with van der Waals surface area (Å²) in [7, 11) is 1.41. The van der Waals surface area contributed by atoms with Crippen molar-refractivity contribution in [3.05, 3.63) is 48.0 Å². The maximum atomic E-state index is 12.2. The quantitative estimate of drug-likeness (QED) is 0.807. The molecule has 2 aromatic rings. The number of phenols is 1. The number of halogens is 2. The Kier molecular flexibility index (Phi) is 5.27. The highest BCUT2D eigenvalue weighted by Crippen LogP contribution is 2.32. The van der Waals surface area contributed by atoms with E-state index in [1.54, 1.807) is 36.0 Å². The van der Waals surface area contributed by atoms with Gasteiger partial charge >= 0.3 is 6.61 Å². The van der Waals surface area contributed by atoms with Gasteiger partial charge in [0.2, 0.25) is 0 Å². The number of thioether (sulfide) groups is 1. The van der Waals surface area contributed by atoms with E-state index in [1.807, 2.05) is 12.1 Å². The van der Waals surface area contributed by atoms with E-state index in [-0.39, 0.29) is 17.2 Å². The van der Waals surface area contributed by atoms with Gasteiger partial charge in [0.05, 0.1) is 7.11 Å². The zero-order valence-corrected chi connectivity index (χ0v) is 12.1. The van der Waals surface area contributed by atoms with Crippen LogP contribution >= 0.6 is 11.8 Å². The number of aromatic hydroxyl groups is 1. The molecule has 0 saturated heterocycles. The summed E-state index contributed by atoms with van der Waals surface area (Å²) in [5.41, 5.74) is 0.923. The molecule has 0 fully saturated rings. The molecule has 0 radical (unpaired) electrons. The topological polar surface area (TPSA) is 38.7 Å². The lowest BCUT2D eigenvalue weighted by atomic mass is 10.2. The Morgan fingerprint density at radius 2 is 1.81 bits per heavy atom. The molecule has 6 heteroatoms. The third-order valence-corrected chi connectivity index (χ3v) is 3.77. The molecule has 0 saturated carbocycles. The Morgan fingerprint density at radius 3 is 2.43 bits per heavy atom. The largest absolute Gasteiger partial charge is 0.508 e. The molecular formula is C15H14F2O3S. The van der Waals surface area contributed by atoms with Crippen molar-refractivity contribution in [1.82, 2.24) is 0 Å². The van der Waals surface area contributed by atoms with E-state index in [9.17, 15) is 13.9 Å². The lowest BCUT2D eigenvalue weighted by Crippen LogP contribution is -2.03. The van der Waals surface area contributed by atoms with E-state index in [1.165, 1.54) is 13.2 Å². The number of ether oxygens (including phenoxy) is 2. The van der Waals surface area contributed by atoms with Gasteiger partial charge in [0.25, 0.3) is 0 Å². The van der Waals surface area contributed by atoms with Gasteiger partial charge in [-0.1, -0.05) is 6.07 Å². The zero-order valence-electron chi connectivity index (χ0n) is 11.3. The number of hydrogen-bond donors (Lipinski definition) is 1. The van der Waals surface area contributed by atoms with Crippen LogP contribution in [-0.2, 0) is 5.75 Å². The Labute approximate surface area is 125 Å². The second-order valence-corrected chi connectivity index (χ2v) is 5.20. The summed E-state index contributed by atoms with van der Waals surface area (Å²) >= 11 is 1.57. The first-order valence-corrected chi connectivity index (χ1v) is 7.10. The van der Waals surface area contributed by atoms with E-state index in [0.717, 1.165) is 10.5 Å². The Hall–Kier alpha value is -1.95. The summed E-state index contributed by atoms with van der Waals surface area (Å²) in [6, 6.07) is 11.7. The third kappa shape index (κ3) is 4.53. The van der Waals surface area contributed by atoms with E-state index < -0.39 is 6.61 Å². The van der Waals surface area contributed by atoms with Crippen molar-refractivity contribution in [2.24, 2.45) is 0 Å². The molecule has 0 heterocycles. The first-order valence-electron chi connectivity index (χ1n) is 6.12. The lowest BCUT2D eigenvalue weighted by Gasteiger charge is -2.11. The second kappa shape index (κ2) is 7.17. The minimum atomic E-state index is -2.88. The summed E-state index contributed by atoms with van der Waals surface area (Å²) < 4.78 is 33.9. The molecule has 1 N–H and O–H groups in total. The van der Waals surface area contributed by atoms with Crippen LogP contribution in [-0.4, -0.2) is 18.8 Å². The molecular weight excluding hydrogens is 298 g/mol. The van der Waals surface area contributed by atoms with Gasteiger partial charge in [-0.3, -0.25) is 0 Å².